The first-order chi connectivity index (χ1) is 9.15. The molecule has 2 nitrogen and oxygen atoms in total. The zero-order valence-corrected chi connectivity index (χ0v) is 13.4. The van der Waals surface area contributed by atoms with Crippen LogP contribution in [-0.4, -0.2) is 21.3 Å². The van der Waals surface area contributed by atoms with Gasteiger partial charge in [0.25, 0.3) is 0 Å². The Morgan fingerprint density at radius 2 is 1.74 bits per heavy atom. The van der Waals surface area contributed by atoms with Crippen LogP contribution in [0, 0.1) is 0 Å². The lowest BCUT2D eigenvalue weighted by molar-refractivity contribution is 0.506. The van der Waals surface area contributed by atoms with Crippen LogP contribution in [0.4, 0.5) is 0 Å². The van der Waals surface area contributed by atoms with E-state index in [4.69, 9.17) is 0 Å². The molecule has 0 saturated heterocycles. The zero-order chi connectivity index (χ0) is 14.3. The molecule has 19 heavy (non-hydrogen) atoms. The minimum atomic E-state index is -0.797. The molecule has 0 heterocycles. The van der Waals surface area contributed by atoms with Crippen molar-refractivity contribution in [3.63, 3.8) is 0 Å². The van der Waals surface area contributed by atoms with E-state index in [-0.39, 0.29) is 16.5 Å². The van der Waals surface area contributed by atoms with Crippen LogP contribution >= 0.6 is 0 Å². The molecule has 1 N–H and O–H groups in total. The molecule has 0 fully saturated rings. The maximum atomic E-state index is 12.7. The number of nitrogens with one attached hydrogen (secondary N) is 1. The Morgan fingerprint density at radius 3 is 2.21 bits per heavy atom. The first-order valence-corrected chi connectivity index (χ1v) is 8.60. The fraction of sp³-hybridized carbons (Fsp3) is 0.625. The monoisotopic (exact) mass is 281 g/mol. The summed E-state index contributed by atoms with van der Waals surface area (Å²) in [6.45, 7) is 9.34. The Bertz CT molecular complexity index is 380. The average molecular weight is 281 g/mol. The van der Waals surface area contributed by atoms with E-state index >= 15 is 0 Å². The summed E-state index contributed by atoms with van der Waals surface area (Å²) in [7, 11) is -0.797. The van der Waals surface area contributed by atoms with Crippen molar-refractivity contribution < 1.29 is 4.21 Å². The topological polar surface area (TPSA) is 29.1 Å². The molecule has 1 aromatic rings. The van der Waals surface area contributed by atoms with Crippen LogP contribution in [-0.2, 0) is 10.8 Å². The molecule has 4 unspecified atom stereocenters. The summed E-state index contributed by atoms with van der Waals surface area (Å²) in [5.41, 5.74) is 1.24. The van der Waals surface area contributed by atoms with Gasteiger partial charge in [0.1, 0.15) is 0 Å². The Labute approximate surface area is 120 Å². The van der Waals surface area contributed by atoms with Crippen LogP contribution in [0.3, 0.4) is 0 Å². The van der Waals surface area contributed by atoms with Crippen molar-refractivity contribution in [2.75, 3.05) is 6.54 Å². The fourth-order valence-electron chi connectivity index (χ4n) is 2.34. The molecule has 0 aliphatic rings. The van der Waals surface area contributed by atoms with Crippen molar-refractivity contribution in [2.45, 2.75) is 57.1 Å². The molecule has 0 bridgehead atoms. The van der Waals surface area contributed by atoms with E-state index in [1.54, 1.807) is 0 Å². The quantitative estimate of drug-likeness (QED) is 0.788. The average Bonchev–Trinajstić information content (AvgIpc) is 2.46. The Kier molecular flexibility index (Phi) is 7.32. The molecule has 108 valence electrons. The van der Waals surface area contributed by atoms with Crippen LogP contribution in [0.15, 0.2) is 30.3 Å². The maximum Gasteiger partial charge on any atom is 0.0542 e. The Hall–Kier alpha value is -0.670. The molecule has 0 aliphatic heterocycles. The van der Waals surface area contributed by atoms with E-state index in [2.05, 4.69) is 57.3 Å². The van der Waals surface area contributed by atoms with Crippen molar-refractivity contribution in [1.82, 2.24) is 5.32 Å². The van der Waals surface area contributed by atoms with Gasteiger partial charge in [0.05, 0.1) is 5.25 Å². The first kappa shape index (κ1) is 16.4. The standard InChI is InChI=1S/C16H27NOS/c1-5-13(4)19(18)15(6-2)16(17-7-3)14-11-9-8-10-12-14/h8-13,15-17H,5-7H2,1-4H3. The summed E-state index contributed by atoms with van der Waals surface area (Å²) in [5.74, 6) is 0. The molecule has 0 amide bonds. The van der Waals surface area contributed by atoms with Gasteiger partial charge >= 0.3 is 0 Å². The number of rotatable bonds is 8. The third-order valence-corrected chi connectivity index (χ3v) is 5.96. The summed E-state index contributed by atoms with van der Waals surface area (Å²) >= 11 is 0. The number of benzene rings is 1. The predicted molar refractivity (Wildman–Crippen MR) is 84.8 cm³/mol. The van der Waals surface area contributed by atoms with Gasteiger partial charge in [0.2, 0.25) is 0 Å². The molecule has 1 rings (SSSR count). The van der Waals surface area contributed by atoms with Gasteiger partial charge in [-0.05, 0) is 24.9 Å². The largest absolute Gasteiger partial charge is 0.309 e. The van der Waals surface area contributed by atoms with Gasteiger partial charge in [-0.15, -0.1) is 0 Å². The minimum Gasteiger partial charge on any atom is -0.309 e. The predicted octanol–water partition coefficient (Wildman–Crippen LogP) is 3.66. The lowest BCUT2D eigenvalue weighted by Gasteiger charge is -2.29. The first-order valence-electron chi connectivity index (χ1n) is 7.33. The molecule has 0 saturated carbocycles. The molecule has 4 atom stereocenters. The van der Waals surface area contributed by atoms with Crippen LogP contribution in [0.2, 0.25) is 0 Å². The lowest BCUT2D eigenvalue weighted by atomic mass is 10.0. The van der Waals surface area contributed by atoms with Crippen molar-refractivity contribution in [2.24, 2.45) is 0 Å². The van der Waals surface area contributed by atoms with E-state index in [1.165, 1.54) is 5.56 Å². The summed E-state index contributed by atoms with van der Waals surface area (Å²) < 4.78 is 12.7. The SMILES string of the molecule is CCNC(c1ccccc1)C(CC)S(=O)C(C)CC. The van der Waals surface area contributed by atoms with Crippen LogP contribution in [0.25, 0.3) is 0 Å². The van der Waals surface area contributed by atoms with Gasteiger partial charge in [-0.1, -0.05) is 58.0 Å². The normalized spacial score (nSPS) is 17.7. The second-order valence-electron chi connectivity index (χ2n) is 4.94. The van der Waals surface area contributed by atoms with E-state index in [0.717, 1.165) is 19.4 Å². The van der Waals surface area contributed by atoms with E-state index in [0.29, 0.717) is 0 Å². The fourth-order valence-corrected chi connectivity index (χ4v) is 4.12. The van der Waals surface area contributed by atoms with Gasteiger partial charge in [-0.2, -0.15) is 0 Å². The number of hydrogen-bond donors (Lipinski definition) is 1. The van der Waals surface area contributed by atoms with E-state index in [9.17, 15) is 4.21 Å². The molecule has 3 heteroatoms. The Balaban J connectivity index is 2.98. The van der Waals surface area contributed by atoms with Gasteiger partial charge in [-0.25, -0.2) is 0 Å². The third-order valence-electron chi connectivity index (χ3n) is 3.63. The highest BCUT2D eigenvalue weighted by molar-refractivity contribution is 7.86. The summed E-state index contributed by atoms with van der Waals surface area (Å²) in [5, 5.41) is 3.95. The van der Waals surface area contributed by atoms with Gasteiger partial charge in [0, 0.05) is 22.1 Å². The minimum absolute atomic E-state index is 0.178. The molecular weight excluding hydrogens is 254 g/mol. The third kappa shape index (κ3) is 4.43. The van der Waals surface area contributed by atoms with Crippen molar-refractivity contribution in [1.29, 1.82) is 0 Å². The van der Waals surface area contributed by atoms with Gasteiger partial charge < -0.3 is 5.32 Å². The zero-order valence-electron chi connectivity index (χ0n) is 12.6. The summed E-state index contributed by atoms with van der Waals surface area (Å²) in [6.07, 6.45) is 1.90. The Morgan fingerprint density at radius 1 is 1.11 bits per heavy atom. The highest BCUT2D eigenvalue weighted by atomic mass is 32.2. The van der Waals surface area contributed by atoms with Crippen LogP contribution in [0.1, 0.15) is 52.1 Å². The van der Waals surface area contributed by atoms with Crippen LogP contribution < -0.4 is 5.32 Å². The molecule has 0 radical (unpaired) electrons. The second-order valence-corrected chi connectivity index (χ2v) is 7.01. The van der Waals surface area contributed by atoms with E-state index < -0.39 is 10.8 Å². The lowest BCUT2D eigenvalue weighted by Crippen LogP contribution is -2.37. The van der Waals surface area contributed by atoms with Gasteiger partial charge in [0.15, 0.2) is 0 Å². The molecule has 0 aliphatic carbocycles. The summed E-state index contributed by atoms with van der Waals surface area (Å²) in [4.78, 5) is 0. The maximum absolute atomic E-state index is 12.7. The molecule has 0 spiro atoms. The van der Waals surface area contributed by atoms with Crippen molar-refractivity contribution >= 4 is 10.8 Å². The number of hydrogen-bond acceptors (Lipinski definition) is 2. The van der Waals surface area contributed by atoms with Gasteiger partial charge in [-0.3, -0.25) is 4.21 Å². The molecule has 0 aromatic heterocycles. The van der Waals surface area contributed by atoms with Crippen molar-refractivity contribution in [3.8, 4) is 0 Å². The highest BCUT2D eigenvalue weighted by Crippen LogP contribution is 2.25. The second kappa shape index (κ2) is 8.49. The summed E-state index contributed by atoms with van der Waals surface area (Å²) in [6, 6.07) is 10.6. The van der Waals surface area contributed by atoms with E-state index in [1.807, 2.05) is 6.07 Å². The highest BCUT2D eigenvalue weighted by Gasteiger charge is 2.28. The molecule has 1 aromatic carbocycles. The van der Waals surface area contributed by atoms with Crippen molar-refractivity contribution in [3.05, 3.63) is 35.9 Å². The smallest absolute Gasteiger partial charge is 0.0542 e. The molecular formula is C16H27NOS. The van der Waals surface area contributed by atoms with Crippen LogP contribution in [0.5, 0.6) is 0 Å².